The fourth-order valence-corrected chi connectivity index (χ4v) is 2.42. The van der Waals surface area contributed by atoms with Crippen LogP contribution in [0.5, 0.6) is 5.75 Å². The van der Waals surface area contributed by atoms with Gasteiger partial charge in [-0.3, -0.25) is 4.79 Å². The predicted molar refractivity (Wildman–Crippen MR) is 70.5 cm³/mol. The van der Waals surface area contributed by atoms with Crippen molar-refractivity contribution < 1.29 is 9.53 Å². The molecule has 0 aliphatic carbocycles. The van der Waals surface area contributed by atoms with E-state index in [9.17, 15) is 4.79 Å². The molecule has 5 heteroatoms. The van der Waals surface area contributed by atoms with Gasteiger partial charge in [0.2, 0.25) is 0 Å². The molecule has 0 radical (unpaired) electrons. The molecule has 0 atom stereocenters. The number of esters is 1. The van der Waals surface area contributed by atoms with Crippen LogP contribution in [0.15, 0.2) is 22.7 Å². The van der Waals surface area contributed by atoms with E-state index in [0.717, 1.165) is 11.1 Å². The number of aromatic nitrogens is 1. The van der Waals surface area contributed by atoms with Gasteiger partial charge in [0, 0.05) is 18.0 Å². The van der Waals surface area contributed by atoms with Crippen LogP contribution in [-0.2, 0) is 4.79 Å². The zero-order valence-corrected chi connectivity index (χ0v) is 11.6. The SMILES string of the molecule is CC(=O)Oc1c(Br)cc(Cl)c2ccc(C)nc12. The number of benzene rings is 1. The van der Waals surface area contributed by atoms with Crippen LogP contribution < -0.4 is 4.74 Å². The zero-order valence-electron chi connectivity index (χ0n) is 9.25. The van der Waals surface area contributed by atoms with Crippen LogP contribution in [0.1, 0.15) is 12.6 Å². The Kier molecular flexibility index (Phi) is 3.35. The average Bonchev–Trinajstić information content (AvgIpc) is 2.23. The van der Waals surface area contributed by atoms with Crippen molar-refractivity contribution in [1.82, 2.24) is 4.98 Å². The number of carbonyl (C=O) groups excluding carboxylic acids is 1. The molecule has 0 amide bonds. The van der Waals surface area contributed by atoms with Gasteiger partial charge in [0.1, 0.15) is 5.52 Å². The minimum absolute atomic E-state index is 0.391. The molecule has 17 heavy (non-hydrogen) atoms. The van der Waals surface area contributed by atoms with E-state index in [0.29, 0.717) is 20.8 Å². The second-order valence-electron chi connectivity index (χ2n) is 3.61. The second-order valence-corrected chi connectivity index (χ2v) is 4.87. The lowest BCUT2D eigenvalue weighted by Crippen LogP contribution is -2.03. The molecule has 0 N–H and O–H groups in total. The summed E-state index contributed by atoms with van der Waals surface area (Å²) in [5.74, 6) is 0.0122. The fraction of sp³-hybridized carbons (Fsp3) is 0.167. The van der Waals surface area contributed by atoms with Gasteiger partial charge in [-0.15, -0.1) is 0 Å². The van der Waals surface area contributed by atoms with E-state index in [1.54, 1.807) is 6.07 Å². The number of nitrogens with zero attached hydrogens (tertiary/aromatic N) is 1. The Morgan fingerprint density at radius 2 is 2.18 bits per heavy atom. The normalized spacial score (nSPS) is 10.6. The van der Waals surface area contributed by atoms with Crippen LogP contribution in [-0.4, -0.2) is 11.0 Å². The number of aryl methyl sites for hydroxylation is 1. The van der Waals surface area contributed by atoms with Crippen molar-refractivity contribution in [3.63, 3.8) is 0 Å². The Morgan fingerprint density at radius 3 is 2.82 bits per heavy atom. The molecule has 1 aromatic carbocycles. The van der Waals surface area contributed by atoms with Crippen molar-refractivity contribution in [2.75, 3.05) is 0 Å². The van der Waals surface area contributed by atoms with E-state index in [2.05, 4.69) is 20.9 Å². The van der Waals surface area contributed by atoms with E-state index >= 15 is 0 Å². The minimum atomic E-state index is -0.391. The molecule has 0 unspecified atom stereocenters. The highest BCUT2D eigenvalue weighted by atomic mass is 79.9. The van der Waals surface area contributed by atoms with Crippen molar-refractivity contribution in [1.29, 1.82) is 0 Å². The van der Waals surface area contributed by atoms with Gasteiger partial charge in [-0.1, -0.05) is 11.6 Å². The number of pyridine rings is 1. The molecular formula is C12H9BrClNO2. The number of hydrogen-bond acceptors (Lipinski definition) is 3. The minimum Gasteiger partial charge on any atom is -0.423 e. The molecule has 88 valence electrons. The summed E-state index contributed by atoms with van der Waals surface area (Å²) in [5.41, 5.74) is 1.42. The lowest BCUT2D eigenvalue weighted by atomic mass is 10.2. The summed E-state index contributed by atoms with van der Waals surface area (Å²) >= 11 is 9.43. The maximum atomic E-state index is 11.1. The van der Waals surface area contributed by atoms with Gasteiger partial charge < -0.3 is 4.74 Å². The van der Waals surface area contributed by atoms with E-state index < -0.39 is 5.97 Å². The number of ether oxygens (including phenoxy) is 1. The monoisotopic (exact) mass is 313 g/mol. The number of hydrogen-bond donors (Lipinski definition) is 0. The Hall–Kier alpha value is -1.13. The van der Waals surface area contributed by atoms with Crippen LogP contribution in [0.25, 0.3) is 10.9 Å². The van der Waals surface area contributed by atoms with Crippen LogP contribution in [0.2, 0.25) is 5.02 Å². The third-order valence-corrected chi connectivity index (χ3v) is 3.12. The Morgan fingerprint density at radius 1 is 1.47 bits per heavy atom. The van der Waals surface area contributed by atoms with E-state index in [4.69, 9.17) is 16.3 Å². The van der Waals surface area contributed by atoms with Crippen LogP contribution in [0.3, 0.4) is 0 Å². The molecule has 0 spiro atoms. The Labute approximate surface area is 112 Å². The third-order valence-electron chi connectivity index (χ3n) is 2.22. The average molecular weight is 315 g/mol. The lowest BCUT2D eigenvalue weighted by molar-refractivity contribution is -0.131. The summed E-state index contributed by atoms with van der Waals surface area (Å²) in [7, 11) is 0. The lowest BCUT2D eigenvalue weighted by Gasteiger charge is -2.09. The summed E-state index contributed by atoms with van der Waals surface area (Å²) in [6, 6.07) is 5.41. The van der Waals surface area contributed by atoms with Crippen molar-refractivity contribution >= 4 is 44.4 Å². The first-order valence-electron chi connectivity index (χ1n) is 4.93. The quantitative estimate of drug-likeness (QED) is 0.592. The van der Waals surface area contributed by atoms with E-state index in [-0.39, 0.29) is 0 Å². The summed E-state index contributed by atoms with van der Waals surface area (Å²) in [6.07, 6.45) is 0. The van der Waals surface area contributed by atoms with Crippen LogP contribution in [0.4, 0.5) is 0 Å². The first-order chi connectivity index (χ1) is 7.99. The maximum absolute atomic E-state index is 11.1. The number of carbonyl (C=O) groups is 1. The van der Waals surface area contributed by atoms with Gasteiger partial charge in [0.05, 0.1) is 9.50 Å². The van der Waals surface area contributed by atoms with Crippen molar-refractivity contribution in [3.8, 4) is 5.75 Å². The van der Waals surface area contributed by atoms with E-state index in [1.807, 2.05) is 19.1 Å². The van der Waals surface area contributed by atoms with Gasteiger partial charge in [-0.2, -0.15) is 0 Å². The van der Waals surface area contributed by atoms with Gasteiger partial charge in [-0.25, -0.2) is 4.98 Å². The number of halogens is 2. The highest BCUT2D eigenvalue weighted by Gasteiger charge is 2.14. The molecule has 0 saturated heterocycles. The maximum Gasteiger partial charge on any atom is 0.308 e. The topological polar surface area (TPSA) is 39.2 Å². The summed E-state index contributed by atoms with van der Waals surface area (Å²) in [4.78, 5) is 15.4. The largest absolute Gasteiger partial charge is 0.423 e. The fourth-order valence-electron chi connectivity index (χ4n) is 1.53. The number of fused-ring (bicyclic) bond motifs is 1. The van der Waals surface area contributed by atoms with Crippen LogP contribution in [0, 0.1) is 6.92 Å². The molecule has 0 aliphatic rings. The molecule has 2 rings (SSSR count). The molecule has 0 bridgehead atoms. The molecule has 0 saturated carbocycles. The summed E-state index contributed by atoms with van der Waals surface area (Å²) < 4.78 is 5.78. The van der Waals surface area contributed by atoms with Gasteiger partial charge in [0.25, 0.3) is 0 Å². The summed E-state index contributed by atoms with van der Waals surface area (Å²) in [6.45, 7) is 3.22. The van der Waals surface area contributed by atoms with Crippen LogP contribution >= 0.6 is 27.5 Å². The smallest absolute Gasteiger partial charge is 0.308 e. The van der Waals surface area contributed by atoms with Crippen molar-refractivity contribution in [2.45, 2.75) is 13.8 Å². The summed E-state index contributed by atoms with van der Waals surface area (Å²) in [5, 5.41) is 1.33. The highest BCUT2D eigenvalue weighted by molar-refractivity contribution is 9.10. The molecular weight excluding hydrogens is 305 g/mol. The predicted octanol–water partition coefficient (Wildman–Crippen LogP) is 3.88. The van der Waals surface area contributed by atoms with Gasteiger partial charge in [0.15, 0.2) is 5.75 Å². The molecule has 0 aliphatic heterocycles. The first-order valence-corrected chi connectivity index (χ1v) is 6.10. The molecule has 1 aromatic heterocycles. The second kappa shape index (κ2) is 4.63. The molecule has 3 nitrogen and oxygen atoms in total. The third kappa shape index (κ3) is 2.42. The van der Waals surface area contributed by atoms with E-state index in [1.165, 1.54) is 6.92 Å². The standard InChI is InChI=1S/C12H9BrClNO2/c1-6-3-4-8-10(14)5-9(13)12(11(8)15-6)17-7(2)16/h3-5H,1-2H3. The first kappa shape index (κ1) is 12.3. The Balaban J connectivity index is 2.80. The van der Waals surface area contributed by atoms with Crippen molar-refractivity contribution in [3.05, 3.63) is 33.4 Å². The molecule has 1 heterocycles. The zero-order chi connectivity index (χ0) is 12.6. The molecule has 2 aromatic rings. The van der Waals surface area contributed by atoms with Gasteiger partial charge in [-0.05, 0) is 41.1 Å². The number of rotatable bonds is 1. The van der Waals surface area contributed by atoms with Gasteiger partial charge >= 0.3 is 5.97 Å². The Bertz CT molecular complexity index is 613. The molecule has 0 fully saturated rings. The highest BCUT2D eigenvalue weighted by Crippen LogP contribution is 2.37. The van der Waals surface area contributed by atoms with Crippen molar-refractivity contribution in [2.24, 2.45) is 0 Å².